The summed E-state index contributed by atoms with van der Waals surface area (Å²) in [4.78, 5) is 15.4. The van der Waals surface area contributed by atoms with Gasteiger partial charge in [0, 0.05) is 23.4 Å². The minimum absolute atomic E-state index is 0.0375. The lowest BCUT2D eigenvalue weighted by Gasteiger charge is -2.22. The predicted molar refractivity (Wildman–Crippen MR) is 76.1 cm³/mol. The number of H-pyrrole nitrogens is 1. The molecule has 2 N–H and O–H groups in total. The number of hydrogen-bond acceptors (Lipinski definition) is 2. The van der Waals surface area contributed by atoms with Crippen LogP contribution in [-0.4, -0.2) is 28.4 Å². The Labute approximate surface area is 110 Å². The average Bonchev–Trinajstić information content (AvgIpc) is 2.87. The summed E-state index contributed by atoms with van der Waals surface area (Å²) in [6.07, 6.45) is 4.17. The van der Waals surface area contributed by atoms with Crippen molar-refractivity contribution in [3.8, 4) is 0 Å². The van der Waals surface area contributed by atoms with Gasteiger partial charge in [0.1, 0.15) is 0 Å². The number of fused-ring (bicyclic) bond motifs is 1. The Hall–Kier alpha value is -1.42. The molecule has 3 nitrogen and oxygen atoms in total. The van der Waals surface area contributed by atoms with Crippen molar-refractivity contribution < 1.29 is 4.79 Å². The van der Waals surface area contributed by atoms with E-state index in [4.69, 9.17) is 0 Å². The first-order valence-electron chi connectivity index (χ1n) is 6.29. The third-order valence-corrected chi connectivity index (χ3v) is 4.54. The standard InChI is InChI=1S/C14H16N2OS/c17-14(16-11-4-2-8-18-9-11)12-5-1-3-10-6-7-15-13(10)12/h1,3,5-7,11,15H,2,4,8-9H2,(H,16,17). The molecule has 1 aliphatic heterocycles. The zero-order valence-corrected chi connectivity index (χ0v) is 10.9. The van der Waals surface area contributed by atoms with Crippen molar-refractivity contribution in [1.29, 1.82) is 0 Å². The molecule has 1 fully saturated rings. The van der Waals surface area contributed by atoms with E-state index in [1.54, 1.807) is 0 Å². The number of rotatable bonds is 2. The number of nitrogens with one attached hydrogen (secondary N) is 2. The van der Waals surface area contributed by atoms with E-state index in [9.17, 15) is 4.79 Å². The van der Waals surface area contributed by atoms with Crippen molar-refractivity contribution in [3.05, 3.63) is 36.0 Å². The van der Waals surface area contributed by atoms with Crippen molar-refractivity contribution in [3.63, 3.8) is 0 Å². The van der Waals surface area contributed by atoms with Crippen LogP contribution in [0, 0.1) is 0 Å². The molecular formula is C14H16N2OS. The largest absolute Gasteiger partial charge is 0.361 e. The SMILES string of the molecule is O=C(NC1CCCSC1)c1cccc2cc[nH]c12. The second-order valence-corrected chi connectivity index (χ2v) is 5.78. The van der Waals surface area contributed by atoms with E-state index in [-0.39, 0.29) is 5.91 Å². The third kappa shape index (κ3) is 2.25. The maximum Gasteiger partial charge on any atom is 0.253 e. The predicted octanol–water partition coefficient (Wildman–Crippen LogP) is 2.79. The van der Waals surface area contributed by atoms with Crippen molar-refractivity contribution in [2.24, 2.45) is 0 Å². The molecule has 0 radical (unpaired) electrons. The van der Waals surface area contributed by atoms with Crippen LogP contribution in [0.1, 0.15) is 23.2 Å². The van der Waals surface area contributed by atoms with Crippen LogP contribution in [0.15, 0.2) is 30.5 Å². The molecular weight excluding hydrogens is 244 g/mol. The summed E-state index contributed by atoms with van der Waals surface area (Å²) in [6, 6.07) is 8.13. The van der Waals surface area contributed by atoms with Gasteiger partial charge in [-0.2, -0.15) is 11.8 Å². The molecule has 0 aliphatic carbocycles. The molecule has 1 aromatic heterocycles. The summed E-state index contributed by atoms with van der Waals surface area (Å²) in [5.41, 5.74) is 1.67. The van der Waals surface area contributed by atoms with E-state index in [0.717, 1.165) is 28.6 Å². The van der Waals surface area contributed by atoms with Gasteiger partial charge in [0.05, 0.1) is 11.1 Å². The van der Waals surface area contributed by atoms with E-state index < -0.39 is 0 Å². The van der Waals surface area contributed by atoms with Crippen LogP contribution in [0.2, 0.25) is 0 Å². The van der Waals surface area contributed by atoms with Crippen LogP contribution >= 0.6 is 11.8 Å². The molecule has 2 heterocycles. The molecule has 1 aliphatic rings. The second kappa shape index (κ2) is 5.06. The van der Waals surface area contributed by atoms with Crippen LogP contribution in [-0.2, 0) is 0 Å². The van der Waals surface area contributed by atoms with Gasteiger partial charge in [0.25, 0.3) is 5.91 Å². The normalized spacial score (nSPS) is 19.9. The van der Waals surface area contributed by atoms with Gasteiger partial charge in [-0.3, -0.25) is 4.79 Å². The first kappa shape index (κ1) is 11.7. The van der Waals surface area contributed by atoms with E-state index in [1.165, 1.54) is 12.2 Å². The fourth-order valence-electron chi connectivity index (χ4n) is 2.39. The number of aromatic nitrogens is 1. The van der Waals surface area contributed by atoms with Gasteiger partial charge in [0.15, 0.2) is 0 Å². The van der Waals surface area contributed by atoms with Crippen LogP contribution in [0.3, 0.4) is 0 Å². The Bertz CT molecular complexity index is 558. The minimum atomic E-state index is 0.0375. The number of para-hydroxylation sites is 1. The Balaban J connectivity index is 1.81. The van der Waals surface area contributed by atoms with Gasteiger partial charge in [-0.05, 0) is 30.7 Å². The summed E-state index contributed by atoms with van der Waals surface area (Å²) in [6.45, 7) is 0. The number of thioether (sulfide) groups is 1. The number of amides is 1. The Kier molecular flexibility index (Phi) is 3.28. The highest BCUT2D eigenvalue weighted by Crippen LogP contribution is 2.19. The summed E-state index contributed by atoms with van der Waals surface area (Å²) in [5.74, 6) is 2.29. The lowest BCUT2D eigenvalue weighted by Crippen LogP contribution is -2.38. The molecule has 0 saturated carbocycles. The van der Waals surface area contributed by atoms with Gasteiger partial charge in [-0.25, -0.2) is 0 Å². The Morgan fingerprint density at radius 2 is 2.33 bits per heavy atom. The van der Waals surface area contributed by atoms with Gasteiger partial charge in [0.2, 0.25) is 0 Å². The smallest absolute Gasteiger partial charge is 0.253 e. The molecule has 18 heavy (non-hydrogen) atoms. The molecule has 0 spiro atoms. The summed E-state index contributed by atoms with van der Waals surface area (Å²) in [5, 5.41) is 4.22. The molecule has 1 aromatic carbocycles. The molecule has 94 valence electrons. The molecule has 2 aromatic rings. The monoisotopic (exact) mass is 260 g/mol. The van der Waals surface area contributed by atoms with Gasteiger partial charge < -0.3 is 10.3 Å². The Morgan fingerprint density at radius 1 is 1.39 bits per heavy atom. The van der Waals surface area contributed by atoms with E-state index in [0.29, 0.717) is 6.04 Å². The highest BCUT2D eigenvalue weighted by molar-refractivity contribution is 7.99. The fraction of sp³-hybridized carbons (Fsp3) is 0.357. The number of benzene rings is 1. The number of hydrogen-bond donors (Lipinski definition) is 2. The third-order valence-electron chi connectivity index (χ3n) is 3.33. The molecule has 0 bridgehead atoms. The Morgan fingerprint density at radius 3 is 3.17 bits per heavy atom. The molecule has 4 heteroatoms. The van der Waals surface area contributed by atoms with Crippen molar-refractivity contribution in [2.45, 2.75) is 18.9 Å². The van der Waals surface area contributed by atoms with Gasteiger partial charge >= 0.3 is 0 Å². The summed E-state index contributed by atoms with van der Waals surface area (Å²) >= 11 is 1.92. The van der Waals surface area contributed by atoms with Crippen molar-refractivity contribution in [2.75, 3.05) is 11.5 Å². The summed E-state index contributed by atoms with van der Waals surface area (Å²) < 4.78 is 0. The lowest BCUT2D eigenvalue weighted by atomic mass is 10.1. The topological polar surface area (TPSA) is 44.9 Å². The molecule has 1 saturated heterocycles. The zero-order chi connectivity index (χ0) is 12.4. The number of carbonyl (C=O) groups is 1. The quantitative estimate of drug-likeness (QED) is 0.872. The van der Waals surface area contributed by atoms with Gasteiger partial charge in [-0.1, -0.05) is 12.1 Å². The fourth-order valence-corrected chi connectivity index (χ4v) is 3.46. The van der Waals surface area contributed by atoms with Crippen LogP contribution in [0.4, 0.5) is 0 Å². The zero-order valence-electron chi connectivity index (χ0n) is 10.1. The maximum atomic E-state index is 12.3. The van der Waals surface area contributed by atoms with Crippen molar-refractivity contribution >= 4 is 28.6 Å². The number of carbonyl (C=O) groups excluding carboxylic acids is 1. The maximum absolute atomic E-state index is 12.3. The second-order valence-electron chi connectivity index (χ2n) is 4.63. The first-order chi connectivity index (χ1) is 8.84. The molecule has 3 rings (SSSR count). The average molecular weight is 260 g/mol. The number of aromatic amines is 1. The van der Waals surface area contributed by atoms with Gasteiger partial charge in [-0.15, -0.1) is 0 Å². The van der Waals surface area contributed by atoms with Crippen molar-refractivity contribution in [1.82, 2.24) is 10.3 Å². The highest BCUT2D eigenvalue weighted by atomic mass is 32.2. The van der Waals surface area contributed by atoms with Crippen LogP contribution in [0.5, 0.6) is 0 Å². The highest BCUT2D eigenvalue weighted by Gasteiger charge is 2.18. The molecule has 1 unspecified atom stereocenters. The summed E-state index contributed by atoms with van der Waals surface area (Å²) in [7, 11) is 0. The molecule has 1 amide bonds. The van der Waals surface area contributed by atoms with Crippen LogP contribution < -0.4 is 5.32 Å². The lowest BCUT2D eigenvalue weighted by molar-refractivity contribution is 0.0940. The van der Waals surface area contributed by atoms with E-state index in [2.05, 4.69) is 10.3 Å². The minimum Gasteiger partial charge on any atom is -0.361 e. The van der Waals surface area contributed by atoms with E-state index >= 15 is 0 Å². The molecule has 1 atom stereocenters. The van der Waals surface area contributed by atoms with E-state index in [1.807, 2.05) is 42.2 Å². The first-order valence-corrected chi connectivity index (χ1v) is 7.45. The van der Waals surface area contributed by atoms with Crippen LogP contribution in [0.25, 0.3) is 10.9 Å².